The van der Waals surface area contributed by atoms with Crippen molar-refractivity contribution in [2.75, 3.05) is 0 Å². The van der Waals surface area contributed by atoms with Crippen molar-refractivity contribution in [1.82, 2.24) is 0 Å². The van der Waals surface area contributed by atoms with E-state index in [2.05, 4.69) is 19.1 Å². The Morgan fingerprint density at radius 1 is 1.00 bits per heavy atom. The summed E-state index contributed by atoms with van der Waals surface area (Å²) in [5.41, 5.74) is 0. The summed E-state index contributed by atoms with van der Waals surface area (Å²) in [5.74, 6) is 3.03. The molecule has 2 heteroatoms. The molecule has 2 rings (SSSR count). The first-order valence-corrected chi connectivity index (χ1v) is 9.57. The number of carbonyl (C=O) groups is 1. The lowest BCUT2D eigenvalue weighted by atomic mass is 9.68. The summed E-state index contributed by atoms with van der Waals surface area (Å²) in [6.45, 7) is 2.32. The van der Waals surface area contributed by atoms with Crippen molar-refractivity contribution in [3.8, 4) is 0 Å². The van der Waals surface area contributed by atoms with Crippen molar-refractivity contribution in [3.63, 3.8) is 0 Å². The van der Waals surface area contributed by atoms with Crippen LogP contribution >= 0.6 is 0 Å². The zero-order valence-electron chi connectivity index (χ0n) is 14.3. The van der Waals surface area contributed by atoms with E-state index in [1.807, 2.05) is 0 Å². The second kappa shape index (κ2) is 9.37. The molecular formula is C20H34O2. The second-order valence-electron chi connectivity index (χ2n) is 7.60. The van der Waals surface area contributed by atoms with Crippen LogP contribution in [0.2, 0.25) is 0 Å². The Morgan fingerprint density at radius 3 is 2.14 bits per heavy atom. The highest BCUT2D eigenvalue weighted by Crippen LogP contribution is 2.42. The van der Waals surface area contributed by atoms with Crippen LogP contribution in [0, 0.1) is 23.7 Å². The minimum atomic E-state index is -0.688. The zero-order valence-corrected chi connectivity index (χ0v) is 14.3. The van der Waals surface area contributed by atoms with Crippen molar-refractivity contribution in [3.05, 3.63) is 12.2 Å². The van der Waals surface area contributed by atoms with Gasteiger partial charge in [0.25, 0.3) is 0 Å². The van der Waals surface area contributed by atoms with Crippen LogP contribution in [0.25, 0.3) is 0 Å². The van der Waals surface area contributed by atoms with Gasteiger partial charge in [-0.1, -0.05) is 44.8 Å². The minimum absolute atomic E-state index is 0.271. The smallest absolute Gasteiger partial charge is 0.303 e. The van der Waals surface area contributed by atoms with E-state index in [1.54, 1.807) is 0 Å². The molecule has 0 aromatic carbocycles. The first-order valence-electron chi connectivity index (χ1n) is 9.57. The Morgan fingerprint density at radius 2 is 1.59 bits per heavy atom. The third kappa shape index (κ3) is 5.78. The van der Waals surface area contributed by atoms with Crippen LogP contribution in [0.5, 0.6) is 0 Å². The van der Waals surface area contributed by atoms with Crippen molar-refractivity contribution >= 4 is 5.97 Å². The van der Waals surface area contributed by atoms with Gasteiger partial charge in [0, 0.05) is 6.42 Å². The molecule has 0 spiro atoms. The highest BCUT2D eigenvalue weighted by atomic mass is 16.4. The van der Waals surface area contributed by atoms with Gasteiger partial charge in [-0.05, 0) is 68.6 Å². The highest BCUT2D eigenvalue weighted by Gasteiger charge is 2.29. The minimum Gasteiger partial charge on any atom is -0.481 e. The fourth-order valence-electron chi connectivity index (χ4n) is 4.66. The van der Waals surface area contributed by atoms with E-state index in [0.29, 0.717) is 12.3 Å². The van der Waals surface area contributed by atoms with Gasteiger partial charge in [-0.25, -0.2) is 0 Å². The monoisotopic (exact) mass is 306 g/mol. The van der Waals surface area contributed by atoms with Gasteiger partial charge < -0.3 is 5.11 Å². The molecule has 2 fully saturated rings. The van der Waals surface area contributed by atoms with Gasteiger partial charge >= 0.3 is 5.97 Å². The Labute approximate surface area is 136 Å². The molecule has 2 nitrogen and oxygen atoms in total. The van der Waals surface area contributed by atoms with Gasteiger partial charge in [-0.15, -0.1) is 0 Å². The van der Waals surface area contributed by atoms with Gasteiger partial charge in [0.1, 0.15) is 0 Å². The number of rotatable bonds is 7. The summed E-state index contributed by atoms with van der Waals surface area (Å²) in [6, 6.07) is 0. The Balaban J connectivity index is 1.64. The summed E-state index contributed by atoms with van der Waals surface area (Å²) >= 11 is 0. The van der Waals surface area contributed by atoms with Gasteiger partial charge in [0.2, 0.25) is 0 Å². The van der Waals surface area contributed by atoms with Crippen molar-refractivity contribution in [1.29, 1.82) is 0 Å². The van der Waals surface area contributed by atoms with E-state index >= 15 is 0 Å². The number of allylic oxidation sites excluding steroid dienone is 2. The van der Waals surface area contributed by atoms with E-state index in [9.17, 15) is 4.79 Å². The molecule has 2 aliphatic carbocycles. The fourth-order valence-corrected chi connectivity index (χ4v) is 4.66. The summed E-state index contributed by atoms with van der Waals surface area (Å²) in [5, 5.41) is 8.65. The maximum Gasteiger partial charge on any atom is 0.303 e. The summed E-state index contributed by atoms with van der Waals surface area (Å²) in [6.07, 6.45) is 19.5. The molecule has 0 heterocycles. The van der Waals surface area contributed by atoms with Crippen LogP contribution in [0.15, 0.2) is 12.2 Å². The topological polar surface area (TPSA) is 37.3 Å². The van der Waals surface area contributed by atoms with Crippen LogP contribution in [-0.2, 0) is 4.79 Å². The molecule has 0 atom stereocenters. The average molecular weight is 306 g/mol. The lowest BCUT2D eigenvalue weighted by Gasteiger charge is -2.37. The first kappa shape index (κ1) is 17.6. The Hall–Kier alpha value is -0.790. The number of hydrogen-bond acceptors (Lipinski definition) is 1. The van der Waals surface area contributed by atoms with E-state index in [1.165, 1.54) is 64.2 Å². The van der Waals surface area contributed by atoms with E-state index in [-0.39, 0.29) is 6.42 Å². The van der Waals surface area contributed by atoms with Gasteiger partial charge in [-0.2, -0.15) is 0 Å². The van der Waals surface area contributed by atoms with E-state index in [0.717, 1.165) is 17.8 Å². The molecular weight excluding hydrogens is 272 g/mol. The number of carboxylic acid groups (broad SMARTS) is 1. The molecule has 1 N–H and O–H groups in total. The quantitative estimate of drug-likeness (QED) is 0.602. The van der Waals surface area contributed by atoms with Crippen LogP contribution in [-0.4, -0.2) is 11.1 Å². The molecule has 126 valence electrons. The Bertz CT molecular complexity index is 345. The maximum atomic E-state index is 10.5. The maximum absolute atomic E-state index is 10.5. The molecule has 2 saturated carbocycles. The van der Waals surface area contributed by atoms with Crippen LogP contribution < -0.4 is 0 Å². The first-order chi connectivity index (χ1) is 10.7. The number of carboxylic acids is 1. The van der Waals surface area contributed by atoms with E-state index < -0.39 is 5.97 Å². The fraction of sp³-hybridized carbons (Fsp3) is 0.850. The van der Waals surface area contributed by atoms with E-state index in [4.69, 9.17) is 5.11 Å². The molecule has 2 aliphatic rings. The lowest BCUT2D eigenvalue weighted by Crippen LogP contribution is -2.25. The van der Waals surface area contributed by atoms with Gasteiger partial charge in [0.05, 0.1) is 0 Å². The molecule has 0 aromatic rings. The summed E-state index contributed by atoms with van der Waals surface area (Å²) in [4.78, 5) is 10.5. The number of aliphatic carboxylic acids is 1. The predicted molar refractivity (Wildman–Crippen MR) is 91.8 cm³/mol. The van der Waals surface area contributed by atoms with Gasteiger partial charge in [0.15, 0.2) is 0 Å². The largest absolute Gasteiger partial charge is 0.481 e. The number of hydrogen-bond donors (Lipinski definition) is 1. The van der Waals surface area contributed by atoms with Crippen molar-refractivity contribution in [2.24, 2.45) is 23.7 Å². The SMILES string of the molecule is CCCC1CCC(C2CCC(C=CCCC(=O)O)CC2)CC1. The Kier molecular flexibility index (Phi) is 7.48. The van der Waals surface area contributed by atoms with Crippen LogP contribution in [0.1, 0.15) is 84.0 Å². The molecule has 0 saturated heterocycles. The molecule has 0 aromatic heterocycles. The normalized spacial score (nSPS) is 33.1. The molecule has 0 amide bonds. The third-order valence-corrected chi connectivity index (χ3v) is 6.00. The predicted octanol–water partition coefficient (Wildman–Crippen LogP) is 5.82. The summed E-state index contributed by atoms with van der Waals surface area (Å²) < 4.78 is 0. The van der Waals surface area contributed by atoms with Crippen LogP contribution in [0.3, 0.4) is 0 Å². The van der Waals surface area contributed by atoms with Gasteiger partial charge in [-0.3, -0.25) is 4.79 Å². The standard InChI is InChI=1S/C20H34O2/c1-2-5-16-8-12-18(13-9-16)19-14-10-17(11-15-19)6-3-4-7-20(21)22/h3,6,16-19H,2,4-5,7-15H2,1H3,(H,21,22). The lowest BCUT2D eigenvalue weighted by molar-refractivity contribution is -0.136. The molecule has 0 unspecified atom stereocenters. The van der Waals surface area contributed by atoms with Crippen molar-refractivity contribution < 1.29 is 9.90 Å². The molecule has 0 bridgehead atoms. The third-order valence-electron chi connectivity index (χ3n) is 6.00. The van der Waals surface area contributed by atoms with Crippen molar-refractivity contribution in [2.45, 2.75) is 84.0 Å². The zero-order chi connectivity index (χ0) is 15.8. The van der Waals surface area contributed by atoms with Crippen LogP contribution in [0.4, 0.5) is 0 Å². The highest BCUT2D eigenvalue weighted by molar-refractivity contribution is 5.66. The molecule has 22 heavy (non-hydrogen) atoms. The average Bonchev–Trinajstić information content (AvgIpc) is 2.53. The molecule has 0 aliphatic heterocycles. The molecule has 0 radical (unpaired) electrons. The summed E-state index contributed by atoms with van der Waals surface area (Å²) in [7, 11) is 0. The second-order valence-corrected chi connectivity index (χ2v) is 7.60.